The zero-order chi connectivity index (χ0) is 24.6. The number of rotatable bonds is 13. The van der Waals surface area contributed by atoms with Crippen LogP contribution >= 0.6 is 0 Å². The Labute approximate surface area is 202 Å². The number of H-pyrrole nitrogens is 1. The van der Waals surface area contributed by atoms with Crippen molar-refractivity contribution in [2.45, 2.75) is 70.9 Å². The van der Waals surface area contributed by atoms with Crippen molar-refractivity contribution in [3.05, 3.63) is 54.5 Å². The van der Waals surface area contributed by atoms with E-state index in [2.05, 4.69) is 56.5 Å². The molecule has 7 nitrogen and oxygen atoms in total. The van der Waals surface area contributed by atoms with Crippen molar-refractivity contribution in [1.29, 1.82) is 0 Å². The summed E-state index contributed by atoms with van der Waals surface area (Å²) in [6, 6.07) is 14.3. The zero-order valence-corrected chi connectivity index (χ0v) is 20.7. The van der Waals surface area contributed by atoms with Gasteiger partial charge >= 0.3 is 0 Å². The van der Waals surface area contributed by atoms with Gasteiger partial charge in [-0.2, -0.15) is 0 Å². The van der Waals surface area contributed by atoms with E-state index < -0.39 is 5.54 Å². The molecule has 3 aromatic rings. The van der Waals surface area contributed by atoms with E-state index in [1.54, 1.807) is 7.05 Å². The summed E-state index contributed by atoms with van der Waals surface area (Å²) >= 11 is 0. The number of nitrogens with one attached hydrogen (secondary N) is 4. The molecule has 0 saturated carbocycles. The van der Waals surface area contributed by atoms with Gasteiger partial charge in [-0.25, -0.2) is 10.4 Å². The number of ketones is 1. The van der Waals surface area contributed by atoms with Crippen LogP contribution < -0.4 is 16.2 Å². The third kappa shape index (κ3) is 6.74. The molecular formula is C27H37N5O2. The Hall–Kier alpha value is -3.03. The van der Waals surface area contributed by atoms with Crippen molar-refractivity contribution in [3.63, 3.8) is 0 Å². The predicted octanol–water partition coefficient (Wildman–Crippen LogP) is 4.82. The van der Waals surface area contributed by atoms with Gasteiger partial charge in [-0.3, -0.25) is 15.0 Å². The quantitative estimate of drug-likeness (QED) is 0.215. The molecule has 182 valence electrons. The Balaban J connectivity index is 1.75. The monoisotopic (exact) mass is 463 g/mol. The molecule has 0 aliphatic heterocycles. The Morgan fingerprint density at radius 3 is 2.56 bits per heavy atom. The van der Waals surface area contributed by atoms with Gasteiger partial charge in [0.25, 0.3) is 0 Å². The highest BCUT2D eigenvalue weighted by atomic mass is 16.2. The van der Waals surface area contributed by atoms with Crippen molar-refractivity contribution in [3.8, 4) is 11.3 Å². The third-order valence-electron chi connectivity index (χ3n) is 6.14. The summed E-state index contributed by atoms with van der Waals surface area (Å²) in [7, 11) is 1.74. The molecule has 4 N–H and O–H groups in total. The molecule has 0 bridgehead atoms. The molecule has 0 aliphatic rings. The second kappa shape index (κ2) is 11.9. The normalized spacial score (nSPS) is 12.6. The highest BCUT2D eigenvalue weighted by Crippen LogP contribution is 2.26. The maximum Gasteiger partial charge on any atom is 0.241 e. The summed E-state index contributed by atoms with van der Waals surface area (Å²) < 4.78 is 0. The number of hydrazine groups is 1. The lowest BCUT2D eigenvalue weighted by Gasteiger charge is -2.27. The Morgan fingerprint density at radius 1 is 1.06 bits per heavy atom. The van der Waals surface area contributed by atoms with Gasteiger partial charge in [0.1, 0.15) is 17.1 Å². The van der Waals surface area contributed by atoms with Crippen LogP contribution in [0, 0.1) is 0 Å². The fourth-order valence-corrected chi connectivity index (χ4v) is 4.03. The Morgan fingerprint density at radius 2 is 1.82 bits per heavy atom. The summed E-state index contributed by atoms with van der Waals surface area (Å²) in [6.45, 7) is 5.56. The van der Waals surface area contributed by atoms with Crippen LogP contribution in [0.15, 0.2) is 48.7 Å². The van der Waals surface area contributed by atoms with Crippen molar-refractivity contribution in [2.75, 3.05) is 7.05 Å². The maximum atomic E-state index is 13.0. The van der Waals surface area contributed by atoms with E-state index in [1.807, 2.05) is 39.1 Å². The summed E-state index contributed by atoms with van der Waals surface area (Å²) in [6.07, 6.45) is 6.50. The van der Waals surface area contributed by atoms with Gasteiger partial charge in [0.15, 0.2) is 0 Å². The lowest BCUT2D eigenvalue weighted by Crippen LogP contribution is -2.57. The molecule has 3 rings (SSSR count). The predicted molar refractivity (Wildman–Crippen MR) is 137 cm³/mol. The van der Waals surface area contributed by atoms with Crippen LogP contribution in [0.3, 0.4) is 0 Å². The highest BCUT2D eigenvalue weighted by Gasteiger charge is 2.29. The van der Waals surface area contributed by atoms with Gasteiger partial charge in [-0.1, -0.05) is 56.2 Å². The van der Waals surface area contributed by atoms with Crippen LogP contribution in [-0.2, 0) is 9.59 Å². The highest BCUT2D eigenvalue weighted by molar-refractivity contribution is 5.87. The minimum absolute atomic E-state index is 0.114. The standard InChI is InChI=1S/C27H37N5O2/c1-5-22(33)13-7-6-8-14-23(31-26(34)27(2,3)32-28-4)25-29-18-24(30-25)21-16-15-19-11-9-10-12-20(19)17-21/h9-12,15-18,23,28,32H,5-8,13-14H2,1-4H3,(H,29,30)(H,31,34)/t23-/m0/s1. The van der Waals surface area contributed by atoms with Gasteiger partial charge in [-0.05, 0) is 50.6 Å². The molecule has 1 atom stereocenters. The number of carbonyl (C=O) groups excluding carboxylic acids is 2. The number of aromatic nitrogens is 2. The first-order chi connectivity index (χ1) is 16.3. The SMILES string of the molecule is CCC(=O)CCCCC[C@H](NC(=O)C(C)(C)NNC)c1ncc(-c2ccc3ccccc3c2)[nH]1. The average Bonchev–Trinajstić information content (AvgIpc) is 3.32. The number of hydrogen-bond donors (Lipinski definition) is 4. The van der Waals surface area contributed by atoms with E-state index in [1.165, 1.54) is 10.8 Å². The van der Waals surface area contributed by atoms with E-state index in [0.717, 1.165) is 42.8 Å². The number of benzene rings is 2. The molecule has 0 spiro atoms. The van der Waals surface area contributed by atoms with Crippen LogP contribution in [0.2, 0.25) is 0 Å². The molecule has 34 heavy (non-hydrogen) atoms. The van der Waals surface area contributed by atoms with Gasteiger partial charge in [-0.15, -0.1) is 0 Å². The van der Waals surface area contributed by atoms with E-state index in [0.29, 0.717) is 18.6 Å². The van der Waals surface area contributed by atoms with E-state index >= 15 is 0 Å². The van der Waals surface area contributed by atoms with Crippen LogP contribution in [-0.4, -0.2) is 34.2 Å². The summed E-state index contributed by atoms with van der Waals surface area (Å²) in [5.74, 6) is 0.925. The smallest absolute Gasteiger partial charge is 0.241 e. The van der Waals surface area contributed by atoms with E-state index in [9.17, 15) is 9.59 Å². The number of carbonyl (C=O) groups is 2. The van der Waals surface area contributed by atoms with Crippen molar-refractivity contribution in [2.24, 2.45) is 0 Å². The molecule has 1 heterocycles. The van der Waals surface area contributed by atoms with E-state index in [4.69, 9.17) is 0 Å². The number of hydrogen-bond acceptors (Lipinski definition) is 5. The molecule has 7 heteroatoms. The second-order valence-electron chi connectivity index (χ2n) is 9.26. The van der Waals surface area contributed by atoms with Crippen molar-refractivity contribution >= 4 is 22.5 Å². The second-order valence-corrected chi connectivity index (χ2v) is 9.26. The van der Waals surface area contributed by atoms with E-state index in [-0.39, 0.29) is 11.9 Å². The molecule has 0 saturated heterocycles. The number of unbranched alkanes of at least 4 members (excludes halogenated alkanes) is 2. The lowest BCUT2D eigenvalue weighted by molar-refractivity contribution is -0.127. The number of fused-ring (bicyclic) bond motifs is 1. The van der Waals surface area contributed by atoms with Crippen LogP contribution in [0.25, 0.3) is 22.0 Å². The molecule has 0 radical (unpaired) electrons. The molecular weight excluding hydrogens is 426 g/mol. The number of Topliss-reactive ketones (excluding diaryl/α,β-unsaturated/α-hetero) is 1. The van der Waals surface area contributed by atoms with Crippen molar-refractivity contribution in [1.82, 2.24) is 26.1 Å². The van der Waals surface area contributed by atoms with Crippen LogP contribution in [0.4, 0.5) is 0 Å². The molecule has 0 unspecified atom stereocenters. The Kier molecular flexibility index (Phi) is 8.96. The lowest BCUT2D eigenvalue weighted by atomic mass is 10.0. The molecule has 0 fully saturated rings. The number of imidazole rings is 1. The summed E-state index contributed by atoms with van der Waals surface area (Å²) in [5.41, 5.74) is 7.03. The fraction of sp³-hybridized carbons (Fsp3) is 0.444. The fourth-order valence-electron chi connectivity index (χ4n) is 4.03. The van der Waals surface area contributed by atoms with Gasteiger partial charge in [0.2, 0.25) is 5.91 Å². The maximum absolute atomic E-state index is 13.0. The third-order valence-corrected chi connectivity index (χ3v) is 6.14. The minimum atomic E-state index is -0.783. The van der Waals surface area contributed by atoms with Crippen LogP contribution in [0.1, 0.15) is 71.2 Å². The molecule has 0 aliphatic carbocycles. The largest absolute Gasteiger partial charge is 0.345 e. The minimum Gasteiger partial charge on any atom is -0.345 e. The average molecular weight is 464 g/mol. The van der Waals surface area contributed by atoms with Gasteiger partial charge in [0.05, 0.1) is 17.9 Å². The topological polar surface area (TPSA) is 98.9 Å². The number of aromatic amines is 1. The molecule has 2 aromatic carbocycles. The van der Waals surface area contributed by atoms with Crippen LogP contribution in [0.5, 0.6) is 0 Å². The van der Waals surface area contributed by atoms with Gasteiger partial charge in [0, 0.05) is 18.4 Å². The summed E-state index contributed by atoms with van der Waals surface area (Å²) in [5, 5.41) is 5.52. The number of nitrogens with zero attached hydrogens (tertiary/aromatic N) is 1. The number of amides is 1. The molecule has 1 aromatic heterocycles. The zero-order valence-electron chi connectivity index (χ0n) is 20.7. The summed E-state index contributed by atoms with van der Waals surface area (Å²) in [4.78, 5) is 32.6. The first-order valence-electron chi connectivity index (χ1n) is 12.1. The van der Waals surface area contributed by atoms with Gasteiger partial charge < -0.3 is 10.3 Å². The molecule has 1 amide bonds. The van der Waals surface area contributed by atoms with Crippen molar-refractivity contribution < 1.29 is 9.59 Å². The first-order valence-corrected chi connectivity index (χ1v) is 12.1. The first kappa shape index (κ1) is 25.6. The Bertz CT molecular complexity index is 1110.